The second kappa shape index (κ2) is 6.81. The number of nitrogens with zero attached hydrogens (tertiary/aromatic N) is 1. The predicted molar refractivity (Wildman–Crippen MR) is 87.1 cm³/mol. The summed E-state index contributed by atoms with van der Waals surface area (Å²) < 4.78 is 39.8. The number of nitrogens with one attached hydrogen (secondary N) is 1. The number of benzene rings is 1. The molecule has 2 aromatic rings. The molecule has 1 fully saturated rings. The van der Waals surface area contributed by atoms with Crippen LogP contribution in [0.5, 0.6) is 0 Å². The molecule has 1 atom stereocenters. The Hall–Kier alpha value is -1.08. The maximum absolute atomic E-state index is 13.0. The van der Waals surface area contributed by atoms with E-state index in [1.165, 1.54) is 23.5 Å². The van der Waals surface area contributed by atoms with Gasteiger partial charge >= 0.3 is 6.18 Å². The van der Waals surface area contributed by atoms with E-state index < -0.39 is 11.7 Å². The van der Waals surface area contributed by atoms with Crippen LogP contribution < -0.4 is 5.32 Å². The quantitative estimate of drug-likeness (QED) is 0.872. The maximum Gasteiger partial charge on any atom is 0.416 e. The molecule has 1 N–H and O–H groups in total. The van der Waals surface area contributed by atoms with E-state index >= 15 is 0 Å². The molecule has 0 saturated carbocycles. The van der Waals surface area contributed by atoms with Gasteiger partial charge in [-0.25, -0.2) is 0 Å². The highest BCUT2D eigenvalue weighted by atomic mass is 35.5. The van der Waals surface area contributed by atoms with Crippen LogP contribution in [0.15, 0.2) is 36.4 Å². The molecule has 1 aliphatic rings. The van der Waals surface area contributed by atoms with Gasteiger partial charge in [-0.3, -0.25) is 4.90 Å². The van der Waals surface area contributed by atoms with Crippen LogP contribution in [0.2, 0.25) is 4.34 Å². The molecule has 2 nitrogen and oxygen atoms in total. The third kappa shape index (κ3) is 3.88. The summed E-state index contributed by atoms with van der Waals surface area (Å²) >= 11 is 7.46. The molecule has 1 aromatic carbocycles. The van der Waals surface area contributed by atoms with Crippen molar-refractivity contribution in [1.82, 2.24) is 10.2 Å². The van der Waals surface area contributed by atoms with Crippen molar-refractivity contribution in [2.24, 2.45) is 0 Å². The first kappa shape index (κ1) is 16.8. The number of halogens is 4. The lowest BCUT2D eigenvalue weighted by molar-refractivity contribution is -0.137. The molecule has 0 unspecified atom stereocenters. The first-order chi connectivity index (χ1) is 10.9. The van der Waals surface area contributed by atoms with Gasteiger partial charge in [0.05, 0.1) is 15.9 Å². The highest BCUT2D eigenvalue weighted by Crippen LogP contribution is 2.37. The van der Waals surface area contributed by atoms with Crippen molar-refractivity contribution in [2.75, 3.05) is 26.2 Å². The molecule has 3 rings (SSSR count). The fraction of sp³-hybridized carbons (Fsp3) is 0.375. The Balaban J connectivity index is 2.01. The molecule has 1 aromatic heterocycles. The van der Waals surface area contributed by atoms with E-state index in [2.05, 4.69) is 10.2 Å². The van der Waals surface area contributed by atoms with Crippen molar-refractivity contribution in [3.8, 4) is 0 Å². The smallest absolute Gasteiger partial charge is 0.314 e. The van der Waals surface area contributed by atoms with Gasteiger partial charge in [-0.05, 0) is 29.8 Å². The number of hydrogen-bond donors (Lipinski definition) is 1. The van der Waals surface area contributed by atoms with Crippen LogP contribution in [0.25, 0.3) is 0 Å². The van der Waals surface area contributed by atoms with Gasteiger partial charge in [0.15, 0.2) is 0 Å². The largest absolute Gasteiger partial charge is 0.416 e. The van der Waals surface area contributed by atoms with E-state index in [1.54, 1.807) is 12.1 Å². The molecule has 0 amide bonds. The third-order valence-electron chi connectivity index (χ3n) is 3.91. The summed E-state index contributed by atoms with van der Waals surface area (Å²) in [4.78, 5) is 3.17. The standard InChI is InChI=1S/C16H16ClF3N2S/c17-14-5-4-13(23-14)15(22-8-6-21-7-9-22)11-2-1-3-12(10-11)16(18,19)20/h1-5,10,15,21H,6-9H2/t15-/m0/s1. The summed E-state index contributed by atoms with van der Waals surface area (Å²) in [5, 5.41) is 3.27. The monoisotopic (exact) mass is 360 g/mol. The molecule has 1 aliphatic heterocycles. The highest BCUT2D eigenvalue weighted by molar-refractivity contribution is 7.16. The van der Waals surface area contributed by atoms with Gasteiger partial charge in [0.25, 0.3) is 0 Å². The van der Waals surface area contributed by atoms with Gasteiger partial charge in [0, 0.05) is 31.1 Å². The molecular weight excluding hydrogens is 345 g/mol. The van der Waals surface area contributed by atoms with Crippen LogP contribution in [0, 0.1) is 0 Å². The molecular formula is C16H16ClF3N2S. The zero-order valence-corrected chi connectivity index (χ0v) is 13.8. The fourth-order valence-corrected chi connectivity index (χ4v) is 4.08. The zero-order valence-electron chi connectivity index (χ0n) is 12.2. The van der Waals surface area contributed by atoms with Crippen molar-refractivity contribution in [3.63, 3.8) is 0 Å². The van der Waals surface area contributed by atoms with Crippen molar-refractivity contribution in [3.05, 3.63) is 56.7 Å². The van der Waals surface area contributed by atoms with E-state index in [0.717, 1.165) is 37.1 Å². The lowest BCUT2D eigenvalue weighted by Crippen LogP contribution is -2.45. The highest BCUT2D eigenvalue weighted by Gasteiger charge is 2.32. The number of thiophene rings is 1. The molecule has 1 saturated heterocycles. The molecule has 0 bridgehead atoms. The summed E-state index contributed by atoms with van der Waals surface area (Å²) in [5.41, 5.74) is 0.0398. The number of piperazine rings is 1. The predicted octanol–water partition coefficient (Wildman–Crippen LogP) is 4.41. The van der Waals surface area contributed by atoms with Gasteiger partial charge in [-0.2, -0.15) is 13.2 Å². The summed E-state index contributed by atoms with van der Waals surface area (Å²) in [6, 6.07) is 9.10. The van der Waals surface area contributed by atoms with E-state index in [9.17, 15) is 13.2 Å². The molecule has 0 aliphatic carbocycles. The Morgan fingerprint density at radius 3 is 2.48 bits per heavy atom. The van der Waals surface area contributed by atoms with E-state index in [0.29, 0.717) is 9.90 Å². The van der Waals surface area contributed by atoms with E-state index in [4.69, 9.17) is 11.6 Å². The second-order valence-electron chi connectivity index (χ2n) is 5.45. The summed E-state index contributed by atoms with van der Waals surface area (Å²) in [5.74, 6) is 0. The van der Waals surface area contributed by atoms with Crippen LogP contribution >= 0.6 is 22.9 Å². The van der Waals surface area contributed by atoms with Crippen molar-refractivity contribution in [1.29, 1.82) is 0 Å². The minimum atomic E-state index is -4.34. The number of rotatable bonds is 3. The Morgan fingerprint density at radius 2 is 1.87 bits per heavy atom. The Morgan fingerprint density at radius 1 is 1.13 bits per heavy atom. The van der Waals surface area contributed by atoms with Crippen LogP contribution in [0.1, 0.15) is 22.0 Å². The van der Waals surface area contributed by atoms with Crippen LogP contribution in [0.3, 0.4) is 0 Å². The minimum absolute atomic E-state index is 0.197. The van der Waals surface area contributed by atoms with E-state index in [1.807, 2.05) is 6.07 Å². The Bertz CT molecular complexity index is 665. The summed E-state index contributed by atoms with van der Waals surface area (Å²) in [7, 11) is 0. The fourth-order valence-electron chi connectivity index (χ4n) is 2.86. The molecule has 124 valence electrons. The maximum atomic E-state index is 13.0. The van der Waals surface area contributed by atoms with Crippen molar-refractivity contribution < 1.29 is 13.2 Å². The Kier molecular flexibility index (Phi) is 4.96. The molecule has 0 radical (unpaired) electrons. The average molecular weight is 361 g/mol. The zero-order chi connectivity index (χ0) is 16.4. The van der Waals surface area contributed by atoms with Crippen molar-refractivity contribution in [2.45, 2.75) is 12.2 Å². The van der Waals surface area contributed by atoms with Crippen LogP contribution in [-0.2, 0) is 6.18 Å². The van der Waals surface area contributed by atoms with E-state index in [-0.39, 0.29) is 6.04 Å². The molecule has 23 heavy (non-hydrogen) atoms. The summed E-state index contributed by atoms with van der Waals surface area (Å²) in [6.45, 7) is 3.23. The Labute approximate surface area is 141 Å². The normalized spacial score (nSPS) is 18.1. The SMILES string of the molecule is FC(F)(F)c1cccc([C@@H](c2ccc(Cl)s2)N2CCNCC2)c1. The number of hydrogen-bond acceptors (Lipinski definition) is 3. The first-order valence-corrected chi connectivity index (χ1v) is 8.52. The molecule has 7 heteroatoms. The van der Waals surface area contributed by atoms with Gasteiger partial charge < -0.3 is 5.32 Å². The topological polar surface area (TPSA) is 15.3 Å². The molecule has 0 spiro atoms. The minimum Gasteiger partial charge on any atom is -0.314 e. The van der Waals surface area contributed by atoms with Gasteiger partial charge in [0.1, 0.15) is 0 Å². The average Bonchev–Trinajstić information content (AvgIpc) is 2.94. The number of alkyl halides is 3. The van der Waals surface area contributed by atoms with Crippen LogP contribution in [0.4, 0.5) is 13.2 Å². The third-order valence-corrected chi connectivity index (χ3v) is 5.19. The molecule has 2 heterocycles. The van der Waals surface area contributed by atoms with Gasteiger partial charge in [-0.1, -0.05) is 23.7 Å². The van der Waals surface area contributed by atoms with Crippen LogP contribution in [-0.4, -0.2) is 31.1 Å². The lowest BCUT2D eigenvalue weighted by atomic mass is 10.00. The summed E-state index contributed by atoms with van der Waals surface area (Å²) in [6.07, 6.45) is -4.34. The first-order valence-electron chi connectivity index (χ1n) is 7.32. The lowest BCUT2D eigenvalue weighted by Gasteiger charge is -2.35. The van der Waals surface area contributed by atoms with Gasteiger partial charge in [0.2, 0.25) is 0 Å². The second-order valence-corrected chi connectivity index (χ2v) is 7.20. The van der Waals surface area contributed by atoms with Crippen molar-refractivity contribution >= 4 is 22.9 Å². The van der Waals surface area contributed by atoms with Gasteiger partial charge in [-0.15, -0.1) is 11.3 Å².